The molecule has 2 atom stereocenters. The van der Waals surface area contributed by atoms with Crippen molar-refractivity contribution in [1.29, 1.82) is 0 Å². The van der Waals surface area contributed by atoms with Gasteiger partial charge in [0.2, 0.25) is 0 Å². The molecular weight excluding hydrogens is 230 g/mol. The average Bonchev–Trinajstić information content (AvgIpc) is 2.15. The van der Waals surface area contributed by atoms with Crippen LogP contribution in [-0.2, 0) is 4.74 Å². The van der Waals surface area contributed by atoms with Gasteiger partial charge in [-0.05, 0) is 19.9 Å². The van der Waals surface area contributed by atoms with Crippen molar-refractivity contribution in [1.82, 2.24) is 5.32 Å². The van der Waals surface area contributed by atoms with E-state index in [4.69, 9.17) is 4.74 Å². The lowest BCUT2D eigenvalue weighted by molar-refractivity contribution is 0.0223. The van der Waals surface area contributed by atoms with Crippen molar-refractivity contribution in [2.75, 3.05) is 13.7 Å². The van der Waals surface area contributed by atoms with Gasteiger partial charge in [0.25, 0.3) is 0 Å². The predicted molar refractivity (Wildman–Crippen MR) is 59.1 cm³/mol. The minimum atomic E-state index is 0.369. The van der Waals surface area contributed by atoms with E-state index in [0.717, 1.165) is 4.48 Å². The molecule has 0 amide bonds. The van der Waals surface area contributed by atoms with Crippen molar-refractivity contribution in [2.45, 2.75) is 37.8 Å². The highest BCUT2D eigenvalue weighted by Crippen LogP contribution is 2.21. The Morgan fingerprint density at radius 2 is 2.23 bits per heavy atom. The summed E-state index contributed by atoms with van der Waals surface area (Å²) in [6.07, 6.45) is 5.38. The maximum Gasteiger partial charge on any atom is 0.0780 e. The van der Waals surface area contributed by atoms with E-state index in [9.17, 15) is 0 Å². The molecule has 2 nitrogen and oxygen atoms in total. The number of likely N-dealkylation sites (N-methyl/N-ethyl adjacent to an activating group) is 1. The highest BCUT2D eigenvalue weighted by Gasteiger charge is 2.23. The van der Waals surface area contributed by atoms with Crippen LogP contribution in [0.1, 0.15) is 25.7 Å². The van der Waals surface area contributed by atoms with Crippen LogP contribution in [-0.4, -0.2) is 25.8 Å². The van der Waals surface area contributed by atoms with E-state index < -0.39 is 0 Å². The lowest BCUT2D eigenvalue weighted by Gasteiger charge is -2.31. The first-order chi connectivity index (χ1) is 6.24. The van der Waals surface area contributed by atoms with Gasteiger partial charge in [-0.2, -0.15) is 0 Å². The molecule has 1 rings (SSSR count). The first kappa shape index (κ1) is 11.2. The molecule has 0 aromatic rings. The van der Waals surface area contributed by atoms with E-state index in [1.54, 1.807) is 0 Å². The van der Waals surface area contributed by atoms with Crippen molar-refractivity contribution >= 4 is 15.9 Å². The average molecular weight is 248 g/mol. The third kappa shape index (κ3) is 3.79. The van der Waals surface area contributed by atoms with Crippen molar-refractivity contribution in [3.8, 4) is 0 Å². The fraction of sp³-hybridized carbons (Fsp3) is 0.800. The van der Waals surface area contributed by atoms with Gasteiger partial charge in [0, 0.05) is 10.5 Å². The Morgan fingerprint density at radius 1 is 1.54 bits per heavy atom. The van der Waals surface area contributed by atoms with E-state index in [1.807, 2.05) is 7.05 Å². The molecule has 0 heterocycles. The van der Waals surface area contributed by atoms with Crippen molar-refractivity contribution in [3.63, 3.8) is 0 Å². The van der Waals surface area contributed by atoms with Crippen molar-refractivity contribution < 1.29 is 4.74 Å². The minimum Gasteiger partial charge on any atom is -0.371 e. The molecule has 0 radical (unpaired) electrons. The van der Waals surface area contributed by atoms with Crippen LogP contribution in [0, 0.1) is 0 Å². The Kier molecular flexibility index (Phi) is 4.99. The molecule has 13 heavy (non-hydrogen) atoms. The molecule has 1 saturated carbocycles. The van der Waals surface area contributed by atoms with Gasteiger partial charge in [-0.3, -0.25) is 0 Å². The highest BCUT2D eigenvalue weighted by atomic mass is 79.9. The zero-order valence-corrected chi connectivity index (χ0v) is 9.77. The lowest BCUT2D eigenvalue weighted by atomic mass is 9.92. The summed E-state index contributed by atoms with van der Waals surface area (Å²) in [6.45, 7) is 4.39. The van der Waals surface area contributed by atoms with Gasteiger partial charge in [-0.15, -0.1) is 0 Å². The largest absolute Gasteiger partial charge is 0.371 e. The maximum absolute atomic E-state index is 5.74. The molecule has 0 aliphatic heterocycles. The van der Waals surface area contributed by atoms with E-state index >= 15 is 0 Å². The normalized spacial score (nSPS) is 28.8. The Balaban J connectivity index is 2.31. The van der Waals surface area contributed by atoms with E-state index in [0.29, 0.717) is 18.8 Å². The molecule has 2 unspecified atom stereocenters. The standard InChI is InChI=1S/C10H18BrNO/c1-8(11)7-13-10-6-4-3-5-9(10)12-2/h9-10,12H,1,3-7H2,2H3. The summed E-state index contributed by atoms with van der Waals surface area (Å²) in [7, 11) is 2.01. The number of hydrogen-bond donors (Lipinski definition) is 1. The fourth-order valence-electron chi connectivity index (χ4n) is 1.82. The van der Waals surface area contributed by atoms with Gasteiger partial charge in [0.15, 0.2) is 0 Å². The third-order valence-electron chi connectivity index (χ3n) is 2.53. The van der Waals surface area contributed by atoms with Gasteiger partial charge < -0.3 is 10.1 Å². The van der Waals surface area contributed by atoms with Crippen LogP contribution in [0.25, 0.3) is 0 Å². The van der Waals surface area contributed by atoms with Crippen LogP contribution in [0.2, 0.25) is 0 Å². The van der Waals surface area contributed by atoms with Crippen molar-refractivity contribution in [2.24, 2.45) is 0 Å². The second kappa shape index (κ2) is 5.78. The van der Waals surface area contributed by atoms with Gasteiger partial charge in [-0.25, -0.2) is 0 Å². The van der Waals surface area contributed by atoms with Gasteiger partial charge in [0.05, 0.1) is 12.7 Å². The Hall–Kier alpha value is 0.140. The summed E-state index contributed by atoms with van der Waals surface area (Å²) in [5.41, 5.74) is 0. The Labute approximate surface area is 88.9 Å². The molecule has 0 bridgehead atoms. The first-order valence-electron chi connectivity index (χ1n) is 4.86. The van der Waals surface area contributed by atoms with Gasteiger partial charge >= 0.3 is 0 Å². The van der Waals surface area contributed by atoms with E-state index in [1.165, 1.54) is 25.7 Å². The van der Waals surface area contributed by atoms with Crippen molar-refractivity contribution in [3.05, 3.63) is 11.1 Å². The SMILES string of the molecule is C=C(Br)COC1CCCCC1NC. The Bertz CT molecular complexity index is 172. The zero-order valence-electron chi connectivity index (χ0n) is 8.18. The monoisotopic (exact) mass is 247 g/mol. The fourth-order valence-corrected chi connectivity index (χ4v) is 1.96. The van der Waals surface area contributed by atoms with E-state index in [-0.39, 0.29) is 0 Å². The lowest BCUT2D eigenvalue weighted by Crippen LogP contribution is -2.41. The highest BCUT2D eigenvalue weighted by molar-refractivity contribution is 9.11. The summed E-state index contributed by atoms with van der Waals surface area (Å²) in [6, 6.07) is 0.528. The number of hydrogen-bond acceptors (Lipinski definition) is 2. The first-order valence-corrected chi connectivity index (χ1v) is 5.65. The van der Waals surface area contributed by atoms with Crippen LogP contribution < -0.4 is 5.32 Å². The second-order valence-corrected chi connectivity index (χ2v) is 4.67. The van der Waals surface area contributed by atoms with Gasteiger partial charge in [0.1, 0.15) is 0 Å². The van der Waals surface area contributed by atoms with Crippen LogP contribution in [0.5, 0.6) is 0 Å². The summed E-state index contributed by atoms with van der Waals surface area (Å²) < 4.78 is 6.66. The van der Waals surface area contributed by atoms with Crippen LogP contribution in [0.15, 0.2) is 11.1 Å². The molecule has 1 fully saturated rings. The number of nitrogens with one attached hydrogen (secondary N) is 1. The third-order valence-corrected chi connectivity index (χ3v) is 2.76. The zero-order chi connectivity index (χ0) is 9.68. The Morgan fingerprint density at radius 3 is 2.85 bits per heavy atom. The second-order valence-electron chi connectivity index (χ2n) is 3.55. The summed E-state index contributed by atoms with van der Waals surface area (Å²) in [4.78, 5) is 0. The predicted octanol–water partition coefficient (Wildman–Crippen LogP) is 2.44. The summed E-state index contributed by atoms with van der Waals surface area (Å²) >= 11 is 3.30. The summed E-state index contributed by atoms with van der Waals surface area (Å²) in [5, 5.41) is 3.31. The molecule has 0 saturated heterocycles. The maximum atomic E-state index is 5.74. The number of halogens is 1. The molecule has 0 spiro atoms. The molecule has 0 aromatic heterocycles. The minimum absolute atomic E-state index is 0.369. The van der Waals surface area contributed by atoms with Crippen LogP contribution in [0.4, 0.5) is 0 Å². The quantitative estimate of drug-likeness (QED) is 0.825. The molecule has 0 aromatic carbocycles. The molecule has 3 heteroatoms. The van der Waals surface area contributed by atoms with Crippen LogP contribution >= 0.6 is 15.9 Å². The number of ether oxygens (including phenoxy) is 1. The topological polar surface area (TPSA) is 21.3 Å². The molecule has 1 aliphatic rings. The van der Waals surface area contributed by atoms with E-state index in [2.05, 4.69) is 27.8 Å². The summed E-state index contributed by atoms with van der Waals surface area (Å²) in [5.74, 6) is 0. The smallest absolute Gasteiger partial charge is 0.0780 e. The molecule has 1 N–H and O–H groups in total. The van der Waals surface area contributed by atoms with Gasteiger partial charge in [-0.1, -0.05) is 35.4 Å². The molecular formula is C10H18BrNO. The molecule has 1 aliphatic carbocycles. The number of rotatable bonds is 4. The molecule has 76 valence electrons. The van der Waals surface area contributed by atoms with Crippen LogP contribution in [0.3, 0.4) is 0 Å².